The molecule has 2 fully saturated rings. The van der Waals surface area contributed by atoms with Gasteiger partial charge >= 0.3 is 0 Å². The number of benzene rings is 3. The highest BCUT2D eigenvalue weighted by Gasteiger charge is 2.29. The van der Waals surface area contributed by atoms with Crippen LogP contribution in [-0.2, 0) is 6.42 Å². The number of amides is 1. The fraction of sp³-hybridized carbons (Fsp3) is 0.371. The molecule has 0 aliphatic carbocycles. The highest BCUT2D eigenvalue weighted by atomic mass is 32.2. The number of hydrogen-bond acceptors (Lipinski definition) is 5. The van der Waals surface area contributed by atoms with Gasteiger partial charge in [0.05, 0.1) is 7.11 Å². The van der Waals surface area contributed by atoms with Crippen LogP contribution in [0.15, 0.2) is 88.9 Å². The van der Waals surface area contributed by atoms with Gasteiger partial charge in [-0.3, -0.25) is 4.79 Å². The number of rotatable bonds is 7. The van der Waals surface area contributed by atoms with Crippen LogP contribution >= 0.6 is 11.8 Å². The molecular weight excluding hydrogens is 545 g/mol. The third-order valence-electron chi connectivity index (χ3n) is 8.86. The fourth-order valence-corrected chi connectivity index (χ4v) is 7.23. The largest absolute Gasteiger partial charge is 0.497 e. The van der Waals surface area contributed by atoms with Crippen LogP contribution in [0.25, 0.3) is 10.8 Å². The number of methoxy groups -OCH3 is 1. The molecule has 1 atom stereocenters. The standard InChI is InChI=1S/C35H38FN3O2S/c1-41-28-9-11-29(12-10-28)42-34-15-8-26(24-37-34)23-25-16-20-38(21-17-25)27-5-4-19-39(22-18-27)35(40)32-13-14-33(36)31-7-3-2-6-30(31)32/h2-3,6-15,24-25,27H,4-5,16-23H2,1H3. The van der Waals surface area contributed by atoms with Gasteiger partial charge in [0.1, 0.15) is 16.6 Å². The third kappa shape index (κ3) is 6.63. The fourth-order valence-electron chi connectivity index (χ4n) is 6.48. The van der Waals surface area contributed by atoms with Gasteiger partial charge in [0.15, 0.2) is 0 Å². The summed E-state index contributed by atoms with van der Waals surface area (Å²) in [5.41, 5.74) is 1.91. The van der Waals surface area contributed by atoms with E-state index in [4.69, 9.17) is 9.72 Å². The van der Waals surface area contributed by atoms with E-state index in [9.17, 15) is 9.18 Å². The number of ether oxygens (including phenoxy) is 1. The average molecular weight is 584 g/mol. The topological polar surface area (TPSA) is 45.7 Å². The van der Waals surface area contributed by atoms with Gasteiger partial charge in [0.25, 0.3) is 5.91 Å². The lowest BCUT2D eigenvalue weighted by Gasteiger charge is -2.37. The van der Waals surface area contributed by atoms with Gasteiger partial charge in [-0.1, -0.05) is 42.1 Å². The summed E-state index contributed by atoms with van der Waals surface area (Å²) in [5.74, 6) is 1.28. The van der Waals surface area contributed by atoms with Gasteiger partial charge in [-0.05, 0) is 111 Å². The molecule has 2 aliphatic heterocycles. The molecule has 0 spiro atoms. The number of carbonyl (C=O) groups is 1. The molecule has 7 heteroatoms. The minimum atomic E-state index is -0.279. The molecule has 2 saturated heterocycles. The lowest BCUT2D eigenvalue weighted by atomic mass is 9.89. The van der Waals surface area contributed by atoms with Crippen molar-refractivity contribution >= 4 is 28.4 Å². The summed E-state index contributed by atoms with van der Waals surface area (Å²) in [6, 6.07) is 23.3. The van der Waals surface area contributed by atoms with Gasteiger partial charge in [0.2, 0.25) is 0 Å². The molecule has 0 saturated carbocycles. The number of piperidine rings is 1. The van der Waals surface area contributed by atoms with Gasteiger partial charge in [-0.15, -0.1) is 0 Å². The van der Waals surface area contributed by atoms with E-state index in [1.54, 1.807) is 31.0 Å². The van der Waals surface area contributed by atoms with E-state index < -0.39 is 0 Å². The number of likely N-dealkylation sites (tertiary alicyclic amines) is 2. The van der Waals surface area contributed by atoms with Crippen molar-refractivity contribution in [3.63, 3.8) is 0 Å². The second-order valence-corrected chi connectivity index (χ2v) is 12.6. The van der Waals surface area contributed by atoms with Crippen molar-refractivity contribution in [1.82, 2.24) is 14.8 Å². The molecule has 3 heterocycles. The van der Waals surface area contributed by atoms with Crippen LogP contribution in [0.4, 0.5) is 4.39 Å². The van der Waals surface area contributed by atoms with Crippen LogP contribution in [0.1, 0.15) is 48.0 Å². The monoisotopic (exact) mass is 583 g/mol. The molecule has 5 nitrogen and oxygen atoms in total. The maximum atomic E-state index is 14.3. The van der Waals surface area contributed by atoms with Gasteiger partial charge in [0, 0.05) is 41.2 Å². The summed E-state index contributed by atoms with van der Waals surface area (Å²) in [4.78, 5) is 24.0. The van der Waals surface area contributed by atoms with E-state index in [1.807, 2.05) is 41.4 Å². The number of fused-ring (bicyclic) bond motifs is 1. The number of hydrogen-bond donors (Lipinski definition) is 0. The van der Waals surface area contributed by atoms with Crippen LogP contribution in [0.3, 0.4) is 0 Å². The molecule has 0 bridgehead atoms. The first-order valence-corrected chi connectivity index (χ1v) is 15.9. The summed E-state index contributed by atoms with van der Waals surface area (Å²) in [6.45, 7) is 3.74. The molecule has 218 valence electrons. The molecule has 0 radical (unpaired) electrons. The Morgan fingerprint density at radius 2 is 1.69 bits per heavy atom. The summed E-state index contributed by atoms with van der Waals surface area (Å²) in [5, 5.41) is 2.22. The Morgan fingerprint density at radius 1 is 0.905 bits per heavy atom. The minimum Gasteiger partial charge on any atom is -0.497 e. The average Bonchev–Trinajstić information content (AvgIpc) is 3.29. The molecule has 0 N–H and O–H groups in total. The Labute approximate surface area is 252 Å². The molecule has 42 heavy (non-hydrogen) atoms. The normalized spacial score (nSPS) is 18.6. The molecule has 6 rings (SSSR count). The summed E-state index contributed by atoms with van der Waals surface area (Å²) in [7, 11) is 1.68. The number of pyridine rings is 1. The summed E-state index contributed by atoms with van der Waals surface area (Å²) in [6.07, 6.45) is 8.63. The smallest absolute Gasteiger partial charge is 0.254 e. The number of halogens is 1. The number of carbonyl (C=O) groups excluding carboxylic acids is 1. The van der Waals surface area contributed by atoms with E-state index in [0.717, 1.165) is 67.5 Å². The predicted molar refractivity (Wildman–Crippen MR) is 167 cm³/mol. The molecule has 1 unspecified atom stereocenters. The van der Waals surface area contributed by atoms with E-state index in [1.165, 1.54) is 24.5 Å². The molecule has 1 aromatic heterocycles. The Morgan fingerprint density at radius 3 is 2.43 bits per heavy atom. The number of nitrogens with zero attached hydrogens (tertiary/aromatic N) is 3. The molecular formula is C35H38FN3O2S. The van der Waals surface area contributed by atoms with Crippen molar-refractivity contribution in [3.8, 4) is 5.75 Å². The second-order valence-electron chi connectivity index (χ2n) is 11.5. The van der Waals surface area contributed by atoms with Gasteiger partial charge in [-0.2, -0.15) is 0 Å². The summed E-state index contributed by atoms with van der Waals surface area (Å²) >= 11 is 1.67. The Bertz CT molecular complexity index is 1500. The summed E-state index contributed by atoms with van der Waals surface area (Å²) < 4.78 is 19.6. The van der Waals surface area contributed by atoms with Gasteiger partial charge in [-0.25, -0.2) is 9.37 Å². The Hall–Kier alpha value is -3.42. The highest BCUT2D eigenvalue weighted by molar-refractivity contribution is 7.99. The third-order valence-corrected chi connectivity index (χ3v) is 9.81. The first-order chi connectivity index (χ1) is 20.6. The SMILES string of the molecule is COc1ccc(Sc2ccc(CC3CCN(C4CCCN(C(=O)c5ccc(F)c6ccccc56)CC4)CC3)cn2)cc1. The van der Waals surface area contributed by atoms with Crippen molar-refractivity contribution in [2.75, 3.05) is 33.3 Å². The van der Waals surface area contributed by atoms with Crippen LogP contribution in [0, 0.1) is 11.7 Å². The Balaban J connectivity index is 0.985. The number of aromatic nitrogens is 1. The maximum absolute atomic E-state index is 14.3. The lowest BCUT2D eigenvalue weighted by molar-refractivity contribution is 0.0753. The zero-order chi connectivity index (χ0) is 28.9. The molecule has 1 amide bonds. The zero-order valence-corrected chi connectivity index (χ0v) is 25.0. The van der Waals surface area contributed by atoms with E-state index in [2.05, 4.69) is 29.2 Å². The molecule has 2 aliphatic rings. The van der Waals surface area contributed by atoms with Gasteiger partial charge < -0.3 is 14.5 Å². The van der Waals surface area contributed by atoms with E-state index in [0.29, 0.717) is 28.3 Å². The second kappa shape index (κ2) is 13.3. The van der Waals surface area contributed by atoms with Crippen molar-refractivity contribution in [2.45, 2.75) is 54.5 Å². The molecule has 4 aromatic rings. The van der Waals surface area contributed by atoms with Crippen molar-refractivity contribution in [2.24, 2.45) is 5.92 Å². The predicted octanol–water partition coefficient (Wildman–Crippen LogP) is 7.48. The van der Waals surface area contributed by atoms with Crippen molar-refractivity contribution < 1.29 is 13.9 Å². The highest BCUT2D eigenvalue weighted by Crippen LogP contribution is 2.30. The quantitative estimate of drug-likeness (QED) is 0.226. The Kier molecular flexibility index (Phi) is 9.06. The van der Waals surface area contributed by atoms with E-state index >= 15 is 0 Å². The first kappa shape index (κ1) is 28.7. The first-order valence-electron chi connectivity index (χ1n) is 15.0. The van der Waals surface area contributed by atoms with E-state index in [-0.39, 0.29) is 11.7 Å². The van der Waals surface area contributed by atoms with Crippen LogP contribution < -0.4 is 4.74 Å². The molecule has 3 aromatic carbocycles. The minimum absolute atomic E-state index is 0.0209. The lowest BCUT2D eigenvalue weighted by Crippen LogP contribution is -2.42. The maximum Gasteiger partial charge on any atom is 0.254 e. The van der Waals surface area contributed by atoms with Crippen molar-refractivity contribution in [3.05, 3.63) is 95.9 Å². The van der Waals surface area contributed by atoms with Crippen LogP contribution in [-0.4, -0.2) is 60.0 Å². The van der Waals surface area contributed by atoms with Crippen LogP contribution in [0.2, 0.25) is 0 Å². The zero-order valence-electron chi connectivity index (χ0n) is 24.2. The van der Waals surface area contributed by atoms with Crippen molar-refractivity contribution in [1.29, 1.82) is 0 Å². The van der Waals surface area contributed by atoms with Crippen LogP contribution in [0.5, 0.6) is 5.75 Å².